The molecule has 1 saturated carbocycles. The molecular weight excluding hydrogens is 205 g/mol. The second-order valence-corrected chi connectivity index (χ2v) is 4.39. The van der Waals surface area contributed by atoms with Crippen molar-refractivity contribution in [2.75, 3.05) is 0 Å². The van der Waals surface area contributed by atoms with Crippen molar-refractivity contribution in [2.45, 2.75) is 31.9 Å². The van der Waals surface area contributed by atoms with Crippen molar-refractivity contribution in [1.82, 2.24) is 0 Å². The normalized spacial score (nSPS) is 31.7. The monoisotopic (exact) mass is 218 g/mol. The van der Waals surface area contributed by atoms with Crippen LogP contribution in [0.1, 0.15) is 25.7 Å². The maximum Gasteiger partial charge on any atom is 0.395 e. The fourth-order valence-electron chi connectivity index (χ4n) is 2.00. The van der Waals surface area contributed by atoms with Gasteiger partial charge in [-0.3, -0.25) is 4.79 Å². The van der Waals surface area contributed by atoms with Gasteiger partial charge in [0.2, 0.25) is 0 Å². The maximum atomic E-state index is 12.3. The summed E-state index contributed by atoms with van der Waals surface area (Å²) in [5.41, 5.74) is 0. The van der Waals surface area contributed by atoms with Gasteiger partial charge in [-0.05, 0) is 25.7 Å². The molecule has 0 radical (unpaired) electrons. The van der Waals surface area contributed by atoms with Gasteiger partial charge in [0.1, 0.15) is 5.78 Å². The van der Waals surface area contributed by atoms with E-state index in [9.17, 15) is 18.0 Å². The predicted octanol–water partition coefficient (Wildman–Crippen LogP) is 3.11. The van der Waals surface area contributed by atoms with Crippen molar-refractivity contribution in [3.8, 4) is 0 Å². The van der Waals surface area contributed by atoms with Crippen LogP contribution in [0.25, 0.3) is 0 Å². The van der Waals surface area contributed by atoms with E-state index in [1.165, 1.54) is 6.08 Å². The summed E-state index contributed by atoms with van der Waals surface area (Å²) in [5, 5.41) is 0. The van der Waals surface area contributed by atoms with Gasteiger partial charge >= 0.3 is 6.18 Å². The van der Waals surface area contributed by atoms with Gasteiger partial charge in [0.15, 0.2) is 0 Å². The van der Waals surface area contributed by atoms with Gasteiger partial charge in [0.25, 0.3) is 0 Å². The highest BCUT2D eigenvalue weighted by Crippen LogP contribution is 2.39. The zero-order chi connectivity index (χ0) is 11.1. The number of hydrogen-bond donors (Lipinski definition) is 0. The highest BCUT2D eigenvalue weighted by atomic mass is 19.4. The number of halogens is 3. The van der Waals surface area contributed by atoms with Crippen LogP contribution in [-0.4, -0.2) is 12.0 Å². The molecule has 15 heavy (non-hydrogen) atoms. The number of rotatable bonds is 2. The van der Waals surface area contributed by atoms with Crippen LogP contribution < -0.4 is 0 Å². The van der Waals surface area contributed by atoms with Gasteiger partial charge in [0, 0.05) is 11.8 Å². The number of Topliss-reactive ketones (excluding diaryl/α,β-unsaturated/α-hetero) is 1. The Morgan fingerprint density at radius 1 is 1.07 bits per heavy atom. The van der Waals surface area contributed by atoms with Gasteiger partial charge in [-0.25, -0.2) is 0 Å². The second-order valence-electron chi connectivity index (χ2n) is 4.39. The van der Waals surface area contributed by atoms with Crippen LogP contribution in [0.15, 0.2) is 12.2 Å². The van der Waals surface area contributed by atoms with Crippen LogP contribution in [0.5, 0.6) is 0 Å². The lowest BCUT2D eigenvalue weighted by atomic mass is 9.84. The molecule has 2 aliphatic rings. The SMILES string of the molecule is O=C(C1C=CC(C(F)(F)F)CC1)C1CC1. The molecule has 2 aliphatic carbocycles. The lowest BCUT2D eigenvalue weighted by Crippen LogP contribution is -2.27. The third-order valence-corrected chi connectivity index (χ3v) is 3.13. The summed E-state index contributed by atoms with van der Waals surface area (Å²) in [7, 11) is 0. The largest absolute Gasteiger partial charge is 0.395 e. The average Bonchev–Trinajstić information content (AvgIpc) is 2.99. The van der Waals surface area contributed by atoms with Crippen LogP contribution >= 0.6 is 0 Å². The number of alkyl halides is 3. The standard InChI is InChI=1S/C11H13F3O/c12-11(13,14)9-5-3-8(4-6-9)10(15)7-1-2-7/h3,5,7-9H,1-2,4,6H2. The van der Waals surface area contributed by atoms with Crippen molar-refractivity contribution < 1.29 is 18.0 Å². The molecule has 2 atom stereocenters. The zero-order valence-corrected chi connectivity index (χ0v) is 8.26. The van der Waals surface area contributed by atoms with Crippen molar-refractivity contribution in [2.24, 2.45) is 17.8 Å². The molecule has 0 aliphatic heterocycles. The number of allylic oxidation sites excluding steroid dienone is 2. The summed E-state index contributed by atoms with van der Waals surface area (Å²) < 4.78 is 36.9. The molecule has 0 amide bonds. The number of carbonyl (C=O) groups excluding carboxylic acids is 1. The van der Waals surface area contributed by atoms with Crippen molar-refractivity contribution in [3.05, 3.63) is 12.2 Å². The molecule has 0 aromatic carbocycles. The van der Waals surface area contributed by atoms with Crippen LogP contribution in [0.4, 0.5) is 13.2 Å². The Bertz CT molecular complexity index is 289. The molecule has 0 spiro atoms. The van der Waals surface area contributed by atoms with Crippen molar-refractivity contribution in [1.29, 1.82) is 0 Å². The molecule has 1 fully saturated rings. The van der Waals surface area contributed by atoms with E-state index in [-0.39, 0.29) is 24.0 Å². The smallest absolute Gasteiger partial charge is 0.299 e. The van der Waals surface area contributed by atoms with E-state index in [1.54, 1.807) is 0 Å². The molecular formula is C11H13F3O. The summed E-state index contributed by atoms with van der Waals surface area (Å²) in [4.78, 5) is 11.6. The first kappa shape index (κ1) is 10.7. The van der Waals surface area contributed by atoms with Crippen molar-refractivity contribution >= 4 is 5.78 Å². The summed E-state index contributed by atoms with van der Waals surface area (Å²) in [6.45, 7) is 0. The average molecular weight is 218 g/mol. The Labute approximate surface area is 86.3 Å². The molecule has 0 aromatic rings. The molecule has 0 bridgehead atoms. The summed E-state index contributed by atoms with van der Waals surface area (Å²) in [6.07, 6.45) is 0.734. The van der Waals surface area contributed by atoms with Crippen LogP contribution in [0.2, 0.25) is 0 Å². The van der Waals surface area contributed by atoms with Crippen LogP contribution in [-0.2, 0) is 4.79 Å². The Hall–Kier alpha value is -0.800. The third kappa shape index (κ3) is 2.41. The summed E-state index contributed by atoms with van der Waals surface area (Å²) in [5.74, 6) is -1.31. The van der Waals surface area contributed by atoms with E-state index in [0.29, 0.717) is 6.42 Å². The predicted molar refractivity (Wildman–Crippen MR) is 49.1 cm³/mol. The lowest BCUT2D eigenvalue weighted by molar-refractivity contribution is -0.165. The molecule has 0 saturated heterocycles. The molecule has 84 valence electrons. The van der Waals surface area contributed by atoms with Gasteiger partial charge in [-0.15, -0.1) is 0 Å². The Morgan fingerprint density at radius 2 is 1.73 bits per heavy atom. The Balaban J connectivity index is 1.96. The highest BCUT2D eigenvalue weighted by Gasteiger charge is 2.41. The molecule has 4 heteroatoms. The van der Waals surface area contributed by atoms with Gasteiger partial charge in [-0.2, -0.15) is 13.2 Å². The molecule has 2 unspecified atom stereocenters. The number of ketones is 1. The van der Waals surface area contributed by atoms with Crippen LogP contribution in [0.3, 0.4) is 0 Å². The van der Waals surface area contributed by atoms with E-state index in [0.717, 1.165) is 18.9 Å². The zero-order valence-electron chi connectivity index (χ0n) is 8.26. The first-order valence-electron chi connectivity index (χ1n) is 5.27. The van der Waals surface area contributed by atoms with Crippen LogP contribution in [0, 0.1) is 17.8 Å². The van der Waals surface area contributed by atoms with Gasteiger partial charge in [0.05, 0.1) is 5.92 Å². The second kappa shape index (κ2) is 3.65. The Morgan fingerprint density at radius 3 is 2.13 bits per heavy atom. The Kier molecular flexibility index (Phi) is 2.61. The van der Waals surface area contributed by atoms with E-state index in [2.05, 4.69) is 0 Å². The molecule has 0 aromatic heterocycles. The van der Waals surface area contributed by atoms with Gasteiger partial charge in [-0.1, -0.05) is 12.2 Å². The minimum atomic E-state index is -4.15. The first-order chi connectivity index (χ1) is 6.98. The van der Waals surface area contributed by atoms with E-state index < -0.39 is 12.1 Å². The summed E-state index contributed by atoms with van der Waals surface area (Å²) in [6, 6.07) is 0. The third-order valence-electron chi connectivity index (χ3n) is 3.13. The first-order valence-corrected chi connectivity index (χ1v) is 5.27. The fourth-order valence-corrected chi connectivity index (χ4v) is 2.00. The van der Waals surface area contributed by atoms with E-state index in [1.807, 2.05) is 0 Å². The summed E-state index contributed by atoms with van der Waals surface area (Å²) >= 11 is 0. The van der Waals surface area contributed by atoms with Gasteiger partial charge < -0.3 is 0 Å². The molecule has 0 N–H and O–H groups in total. The maximum absolute atomic E-state index is 12.3. The number of hydrogen-bond acceptors (Lipinski definition) is 1. The quantitative estimate of drug-likeness (QED) is 0.651. The molecule has 1 nitrogen and oxygen atoms in total. The lowest BCUT2D eigenvalue weighted by Gasteiger charge is -2.23. The molecule has 0 heterocycles. The highest BCUT2D eigenvalue weighted by molar-refractivity contribution is 5.87. The fraction of sp³-hybridized carbons (Fsp3) is 0.727. The van der Waals surface area contributed by atoms with E-state index >= 15 is 0 Å². The number of carbonyl (C=O) groups is 1. The topological polar surface area (TPSA) is 17.1 Å². The molecule has 2 rings (SSSR count). The minimum absolute atomic E-state index is 0.0587. The van der Waals surface area contributed by atoms with Crippen molar-refractivity contribution in [3.63, 3.8) is 0 Å². The minimum Gasteiger partial charge on any atom is -0.299 e. The van der Waals surface area contributed by atoms with E-state index in [4.69, 9.17) is 0 Å².